The van der Waals surface area contributed by atoms with Gasteiger partial charge in [-0.2, -0.15) is 5.10 Å². The second-order valence-corrected chi connectivity index (χ2v) is 5.58. The molecule has 1 aliphatic carbocycles. The number of hydrogen-bond acceptors (Lipinski definition) is 4. The van der Waals surface area contributed by atoms with Crippen LogP contribution in [0.25, 0.3) is 5.65 Å². The first-order valence-electron chi connectivity index (χ1n) is 7.55. The van der Waals surface area contributed by atoms with Gasteiger partial charge in [0.2, 0.25) is 0 Å². The second kappa shape index (κ2) is 6.57. The lowest BCUT2D eigenvalue weighted by Crippen LogP contribution is -2.25. The Morgan fingerprint density at radius 2 is 2.30 bits per heavy atom. The molecule has 1 aliphatic rings. The van der Waals surface area contributed by atoms with Crippen LogP contribution >= 0.6 is 0 Å². The smallest absolute Gasteiger partial charge is 0.280 e. The zero-order valence-electron chi connectivity index (χ0n) is 12.8. The van der Waals surface area contributed by atoms with Gasteiger partial charge >= 0.3 is 0 Å². The van der Waals surface area contributed by atoms with Crippen LogP contribution in [0.4, 0.5) is 8.78 Å². The van der Waals surface area contributed by atoms with Crippen LogP contribution in [0.2, 0.25) is 0 Å². The summed E-state index contributed by atoms with van der Waals surface area (Å²) in [6.07, 6.45) is 1.17. The van der Waals surface area contributed by atoms with Crippen molar-refractivity contribution < 1.29 is 18.3 Å². The highest BCUT2D eigenvalue weighted by atomic mass is 19.3. The van der Waals surface area contributed by atoms with Crippen molar-refractivity contribution in [3.8, 4) is 0 Å². The van der Waals surface area contributed by atoms with Gasteiger partial charge in [0.1, 0.15) is 11.3 Å². The highest BCUT2D eigenvalue weighted by molar-refractivity contribution is 5.99. The van der Waals surface area contributed by atoms with E-state index in [2.05, 4.69) is 15.4 Å². The van der Waals surface area contributed by atoms with E-state index in [4.69, 9.17) is 4.74 Å². The van der Waals surface area contributed by atoms with Gasteiger partial charge in [-0.05, 0) is 25.3 Å². The monoisotopic (exact) mass is 324 g/mol. The number of carbonyl (C=O) groups is 1. The molecule has 8 heteroatoms. The largest absolute Gasteiger partial charge is 0.385 e. The first kappa shape index (κ1) is 15.8. The van der Waals surface area contributed by atoms with Crippen LogP contribution in [-0.4, -0.2) is 40.8 Å². The van der Waals surface area contributed by atoms with E-state index in [9.17, 15) is 13.6 Å². The SMILES string of the molecule is COCCCNC(=O)c1cnn2c(C(F)F)cc(C3CC3)nc12. The molecule has 2 heterocycles. The summed E-state index contributed by atoms with van der Waals surface area (Å²) in [6.45, 7) is 0.975. The molecule has 1 N–H and O–H groups in total. The van der Waals surface area contributed by atoms with Gasteiger partial charge in [0.25, 0.3) is 12.3 Å². The third kappa shape index (κ3) is 3.31. The van der Waals surface area contributed by atoms with Crippen LogP contribution in [-0.2, 0) is 4.74 Å². The maximum Gasteiger partial charge on any atom is 0.280 e. The van der Waals surface area contributed by atoms with Gasteiger partial charge in [0, 0.05) is 31.9 Å². The molecule has 23 heavy (non-hydrogen) atoms. The van der Waals surface area contributed by atoms with Crippen molar-refractivity contribution in [2.45, 2.75) is 31.6 Å². The molecule has 1 saturated carbocycles. The van der Waals surface area contributed by atoms with E-state index in [0.29, 0.717) is 25.3 Å². The summed E-state index contributed by atoms with van der Waals surface area (Å²) in [5, 5.41) is 6.64. The maximum atomic E-state index is 13.3. The van der Waals surface area contributed by atoms with Gasteiger partial charge in [0.05, 0.1) is 6.20 Å². The van der Waals surface area contributed by atoms with Gasteiger partial charge in [-0.1, -0.05) is 0 Å². The fourth-order valence-corrected chi connectivity index (χ4v) is 2.42. The maximum absolute atomic E-state index is 13.3. The highest BCUT2D eigenvalue weighted by Crippen LogP contribution is 2.40. The number of hydrogen-bond donors (Lipinski definition) is 1. The van der Waals surface area contributed by atoms with E-state index in [0.717, 1.165) is 17.4 Å². The number of aromatic nitrogens is 3. The molecule has 0 unspecified atom stereocenters. The lowest BCUT2D eigenvalue weighted by atomic mass is 10.2. The summed E-state index contributed by atoms with van der Waals surface area (Å²) < 4.78 is 32.5. The third-order valence-electron chi connectivity index (χ3n) is 3.79. The number of ether oxygens (including phenoxy) is 1. The van der Waals surface area contributed by atoms with E-state index >= 15 is 0 Å². The van der Waals surface area contributed by atoms with Crippen LogP contribution in [0.5, 0.6) is 0 Å². The Balaban J connectivity index is 1.90. The number of nitrogens with zero attached hydrogens (tertiary/aromatic N) is 3. The molecule has 3 rings (SSSR count). The summed E-state index contributed by atoms with van der Waals surface area (Å²) in [7, 11) is 1.59. The van der Waals surface area contributed by atoms with Crippen LogP contribution < -0.4 is 5.32 Å². The molecule has 0 saturated heterocycles. The molecule has 0 spiro atoms. The average Bonchev–Trinajstić information content (AvgIpc) is 3.29. The zero-order chi connectivity index (χ0) is 16.4. The van der Waals surface area contributed by atoms with E-state index in [1.54, 1.807) is 7.11 Å². The van der Waals surface area contributed by atoms with Crippen LogP contribution in [0, 0.1) is 0 Å². The summed E-state index contributed by atoms with van der Waals surface area (Å²) in [5.74, 6) is -0.151. The first-order valence-corrected chi connectivity index (χ1v) is 7.55. The predicted molar refractivity (Wildman–Crippen MR) is 78.7 cm³/mol. The van der Waals surface area contributed by atoms with E-state index in [-0.39, 0.29) is 28.7 Å². The molecule has 2 aromatic rings. The standard InChI is InChI=1S/C15H18F2N4O2/c1-23-6-2-5-18-15(22)10-8-19-21-12(13(16)17)7-11(9-3-4-9)20-14(10)21/h7-9,13H,2-6H2,1H3,(H,18,22). The van der Waals surface area contributed by atoms with Gasteiger partial charge in [-0.25, -0.2) is 18.3 Å². The van der Waals surface area contributed by atoms with Crippen LogP contribution in [0.1, 0.15) is 53.4 Å². The second-order valence-electron chi connectivity index (χ2n) is 5.58. The molecule has 2 aromatic heterocycles. The van der Waals surface area contributed by atoms with Crippen molar-refractivity contribution in [3.63, 3.8) is 0 Å². The molecule has 1 fully saturated rings. The number of nitrogens with one attached hydrogen (secondary N) is 1. The van der Waals surface area contributed by atoms with Crippen molar-refractivity contribution in [2.24, 2.45) is 0 Å². The minimum absolute atomic E-state index is 0.189. The number of amides is 1. The molecule has 0 atom stereocenters. The fourth-order valence-electron chi connectivity index (χ4n) is 2.42. The van der Waals surface area contributed by atoms with Crippen molar-refractivity contribution >= 4 is 11.6 Å². The zero-order valence-corrected chi connectivity index (χ0v) is 12.8. The minimum Gasteiger partial charge on any atom is -0.385 e. The number of halogens is 2. The van der Waals surface area contributed by atoms with Gasteiger partial charge in [-0.3, -0.25) is 4.79 Å². The normalized spacial score (nSPS) is 14.6. The van der Waals surface area contributed by atoms with Gasteiger partial charge in [0.15, 0.2) is 5.65 Å². The molecule has 0 aliphatic heterocycles. The third-order valence-corrected chi connectivity index (χ3v) is 3.79. The Morgan fingerprint density at radius 3 is 2.96 bits per heavy atom. The molecule has 6 nitrogen and oxygen atoms in total. The van der Waals surface area contributed by atoms with E-state index in [1.165, 1.54) is 12.3 Å². The van der Waals surface area contributed by atoms with Crippen LogP contribution in [0.3, 0.4) is 0 Å². The number of methoxy groups -OCH3 is 1. The molecule has 0 bridgehead atoms. The van der Waals surface area contributed by atoms with Crippen LogP contribution in [0.15, 0.2) is 12.3 Å². The summed E-state index contributed by atoms with van der Waals surface area (Å²) in [6, 6.07) is 1.39. The summed E-state index contributed by atoms with van der Waals surface area (Å²) in [5.41, 5.74) is 0.790. The molecule has 124 valence electrons. The lowest BCUT2D eigenvalue weighted by Gasteiger charge is -2.08. The Hall–Kier alpha value is -2.09. The molecular formula is C15H18F2N4O2. The van der Waals surface area contributed by atoms with Crippen molar-refractivity contribution in [1.29, 1.82) is 0 Å². The number of rotatable bonds is 7. The fraction of sp³-hybridized carbons (Fsp3) is 0.533. The summed E-state index contributed by atoms with van der Waals surface area (Å²) >= 11 is 0. The molecule has 1 amide bonds. The van der Waals surface area contributed by atoms with Gasteiger partial charge < -0.3 is 10.1 Å². The predicted octanol–water partition coefficient (Wildman–Crippen LogP) is 2.31. The first-order chi connectivity index (χ1) is 11.1. The van der Waals surface area contributed by atoms with Crippen molar-refractivity contribution in [2.75, 3.05) is 20.3 Å². The number of alkyl halides is 2. The lowest BCUT2D eigenvalue weighted by molar-refractivity contribution is 0.0949. The minimum atomic E-state index is -2.67. The quantitative estimate of drug-likeness (QED) is 0.794. The van der Waals surface area contributed by atoms with Crippen molar-refractivity contribution in [3.05, 3.63) is 29.2 Å². The van der Waals surface area contributed by atoms with E-state index < -0.39 is 6.43 Å². The van der Waals surface area contributed by atoms with E-state index in [1.807, 2.05) is 0 Å². The topological polar surface area (TPSA) is 68.5 Å². The number of fused-ring (bicyclic) bond motifs is 1. The van der Waals surface area contributed by atoms with Crippen molar-refractivity contribution in [1.82, 2.24) is 19.9 Å². The Bertz CT molecular complexity index is 713. The Labute approximate surface area is 131 Å². The Kier molecular flexibility index (Phi) is 4.51. The van der Waals surface area contributed by atoms with Gasteiger partial charge in [-0.15, -0.1) is 0 Å². The molecule has 0 radical (unpaired) electrons. The molecular weight excluding hydrogens is 306 g/mol. The highest BCUT2D eigenvalue weighted by Gasteiger charge is 2.29. The summed E-state index contributed by atoms with van der Waals surface area (Å²) in [4.78, 5) is 16.6. The Morgan fingerprint density at radius 1 is 1.52 bits per heavy atom. The average molecular weight is 324 g/mol. The number of carbonyl (C=O) groups excluding carboxylic acids is 1. The molecule has 0 aromatic carbocycles.